The summed E-state index contributed by atoms with van der Waals surface area (Å²) in [5.74, 6) is -0.0557. The highest BCUT2D eigenvalue weighted by Gasteiger charge is 2.16. The van der Waals surface area contributed by atoms with Crippen molar-refractivity contribution in [1.82, 2.24) is 14.8 Å². The Hall–Kier alpha value is -1.62. The van der Waals surface area contributed by atoms with Gasteiger partial charge in [0.15, 0.2) is 5.78 Å². The summed E-state index contributed by atoms with van der Waals surface area (Å²) in [5.41, 5.74) is 0.706. The zero-order valence-corrected chi connectivity index (χ0v) is 11.4. The van der Waals surface area contributed by atoms with Crippen LogP contribution in [0.2, 0.25) is 0 Å². The van der Waals surface area contributed by atoms with E-state index in [9.17, 15) is 9.59 Å². The first kappa shape index (κ1) is 14.4. The van der Waals surface area contributed by atoms with Crippen molar-refractivity contribution in [3.05, 3.63) is 24.0 Å². The predicted octanol–water partition coefficient (Wildman–Crippen LogP) is 0.522. The summed E-state index contributed by atoms with van der Waals surface area (Å²) in [7, 11) is 5.35. The molecule has 0 aliphatic rings. The fraction of sp³-hybridized carbons (Fsp3) is 0.538. The molecule has 1 N–H and O–H groups in total. The number of aromatic nitrogens is 1. The lowest BCUT2D eigenvalue weighted by Gasteiger charge is -2.19. The molecule has 5 heteroatoms. The van der Waals surface area contributed by atoms with E-state index in [0.717, 1.165) is 0 Å². The number of Topliss-reactive ketones (excluding diaryl/α,β-unsaturated/α-hetero) is 1. The van der Waals surface area contributed by atoms with Crippen LogP contribution in [0.15, 0.2) is 18.5 Å². The summed E-state index contributed by atoms with van der Waals surface area (Å²) in [5, 5.41) is 2.60. The van der Waals surface area contributed by atoms with Gasteiger partial charge in [0, 0.05) is 44.5 Å². The molecule has 1 unspecified atom stereocenters. The largest absolute Gasteiger partial charge is 0.359 e. The van der Waals surface area contributed by atoms with Crippen LogP contribution in [0.3, 0.4) is 0 Å². The Morgan fingerprint density at radius 1 is 1.50 bits per heavy atom. The van der Waals surface area contributed by atoms with E-state index in [1.807, 2.05) is 36.7 Å². The number of nitrogens with zero attached hydrogens (tertiary/aromatic N) is 2. The Kier molecular flexibility index (Phi) is 5.09. The van der Waals surface area contributed by atoms with Gasteiger partial charge in [-0.3, -0.25) is 14.5 Å². The van der Waals surface area contributed by atoms with E-state index < -0.39 is 0 Å². The molecule has 0 aromatic carbocycles. The van der Waals surface area contributed by atoms with Crippen LogP contribution in [0, 0.1) is 5.92 Å². The molecule has 0 spiro atoms. The van der Waals surface area contributed by atoms with Crippen molar-refractivity contribution in [2.24, 2.45) is 13.0 Å². The minimum absolute atomic E-state index is 0.00555. The molecule has 0 saturated carbocycles. The van der Waals surface area contributed by atoms with Gasteiger partial charge in [-0.15, -0.1) is 0 Å². The van der Waals surface area contributed by atoms with Gasteiger partial charge in [0.25, 0.3) is 0 Å². The van der Waals surface area contributed by atoms with Crippen LogP contribution in [-0.2, 0) is 11.8 Å². The maximum absolute atomic E-state index is 11.9. The van der Waals surface area contributed by atoms with Crippen LogP contribution < -0.4 is 5.32 Å². The molecule has 0 fully saturated rings. The summed E-state index contributed by atoms with van der Waals surface area (Å²) in [6.07, 6.45) is 3.65. The number of likely N-dealkylation sites (N-methyl/N-ethyl adjacent to an activating group) is 1. The Labute approximate surface area is 108 Å². The average molecular weight is 251 g/mol. The lowest BCUT2D eigenvalue weighted by molar-refractivity contribution is -0.124. The van der Waals surface area contributed by atoms with Crippen LogP contribution in [0.4, 0.5) is 0 Å². The van der Waals surface area contributed by atoms with Crippen molar-refractivity contribution < 1.29 is 9.59 Å². The Morgan fingerprint density at radius 2 is 2.17 bits per heavy atom. The van der Waals surface area contributed by atoms with Crippen molar-refractivity contribution in [3.63, 3.8) is 0 Å². The Morgan fingerprint density at radius 3 is 2.67 bits per heavy atom. The molecule has 18 heavy (non-hydrogen) atoms. The molecular formula is C13H21N3O2. The number of carbonyl (C=O) groups is 2. The zero-order chi connectivity index (χ0) is 13.7. The van der Waals surface area contributed by atoms with Gasteiger partial charge in [-0.1, -0.05) is 6.92 Å². The molecule has 0 radical (unpaired) electrons. The third-order valence-corrected chi connectivity index (χ3v) is 2.85. The molecule has 1 atom stereocenters. The van der Waals surface area contributed by atoms with Crippen molar-refractivity contribution >= 4 is 11.7 Å². The van der Waals surface area contributed by atoms with Crippen LogP contribution in [-0.4, -0.2) is 48.3 Å². The van der Waals surface area contributed by atoms with Crippen LogP contribution in [0.5, 0.6) is 0 Å². The number of carbonyl (C=O) groups excluding carboxylic acids is 2. The maximum Gasteiger partial charge on any atom is 0.223 e. The molecule has 1 rings (SSSR count). The monoisotopic (exact) mass is 251 g/mol. The molecule has 100 valence electrons. The van der Waals surface area contributed by atoms with Crippen LogP contribution >= 0.6 is 0 Å². The first-order chi connectivity index (χ1) is 8.43. The number of aryl methyl sites for hydroxylation is 1. The molecule has 1 heterocycles. The molecular weight excluding hydrogens is 230 g/mol. The molecule has 5 nitrogen and oxygen atoms in total. The number of hydrogen-bond acceptors (Lipinski definition) is 3. The first-order valence-corrected chi connectivity index (χ1v) is 5.99. The maximum atomic E-state index is 11.9. The molecule has 0 saturated heterocycles. The van der Waals surface area contributed by atoms with Gasteiger partial charge in [0.05, 0.1) is 6.54 Å². The molecule has 0 bridgehead atoms. The number of amides is 1. The van der Waals surface area contributed by atoms with Crippen LogP contribution in [0.1, 0.15) is 17.3 Å². The number of ketones is 1. The molecule has 1 aromatic rings. The van der Waals surface area contributed by atoms with E-state index in [-0.39, 0.29) is 17.6 Å². The highest BCUT2D eigenvalue weighted by Crippen LogP contribution is 2.04. The second-order valence-electron chi connectivity index (χ2n) is 4.70. The third-order valence-electron chi connectivity index (χ3n) is 2.85. The van der Waals surface area contributed by atoms with E-state index in [1.54, 1.807) is 19.3 Å². The highest BCUT2D eigenvalue weighted by atomic mass is 16.1. The van der Waals surface area contributed by atoms with Gasteiger partial charge < -0.3 is 9.88 Å². The summed E-state index contributed by atoms with van der Waals surface area (Å²) in [4.78, 5) is 25.2. The fourth-order valence-corrected chi connectivity index (χ4v) is 1.87. The normalized spacial score (nSPS) is 12.5. The zero-order valence-electron chi connectivity index (χ0n) is 11.4. The van der Waals surface area contributed by atoms with E-state index in [4.69, 9.17) is 0 Å². The third kappa shape index (κ3) is 4.00. The van der Waals surface area contributed by atoms with Crippen molar-refractivity contribution in [2.45, 2.75) is 6.92 Å². The van der Waals surface area contributed by atoms with E-state index >= 15 is 0 Å². The van der Waals surface area contributed by atoms with E-state index in [0.29, 0.717) is 18.7 Å². The van der Waals surface area contributed by atoms with Crippen molar-refractivity contribution in [1.29, 1.82) is 0 Å². The average Bonchev–Trinajstić information content (AvgIpc) is 2.74. The highest BCUT2D eigenvalue weighted by molar-refractivity contribution is 5.97. The fourth-order valence-electron chi connectivity index (χ4n) is 1.87. The Balaban J connectivity index is 2.47. The number of nitrogens with one attached hydrogen (secondary N) is 1. The van der Waals surface area contributed by atoms with Crippen LogP contribution in [0.25, 0.3) is 0 Å². The summed E-state index contributed by atoms with van der Waals surface area (Å²) < 4.78 is 1.85. The van der Waals surface area contributed by atoms with Gasteiger partial charge in [-0.05, 0) is 13.1 Å². The SMILES string of the molecule is CNC(=O)C(C)CN(C)CC(=O)c1ccn(C)c1. The molecule has 1 aromatic heterocycles. The van der Waals surface area contributed by atoms with Gasteiger partial charge in [-0.2, -0.15) is 0 Å². The van der Waals surface area contributed by atoms with Gasteiger partial charge in [-0.25, -0.2) is 0 Å². The lowest BCUT2D eigenvalue weighted by Crippen LogP contribution is -2.36. The predicted molar refractivity (Wildman–Crippen MR) is 70.5 cm³/mol. The quantitative estimate of drug-likeness (QED) is 0.750. The van der Waals surface area contributed by atoms with Gasteiger partial charge >= 0.3 is 0 Å². The van der Waals surface area contributed by atoms with Crippen molar-refractivity contribution in [2.75, 3.05) is 27.2 Å². The van der Waals surface area contributed by atoms with E-state index in [2.05, 4.69) is 5.32 Å². The summed E-state index contributed by atoms with van der Waals surface area (Å²) in [6.45, 7) is 2.74. The second-order valence-corrected chi connectivity index (χ2v) is 4.70. The topological polar surface area (TPSA) is 54.3 Å². The minimum Gasteiger partial charge on any atom is -0.359 e. The minimum atomic E-state index is -0.122. The van der Waals surface area contributed by atoms with Gasteiger partial charge in [0.1, 0.15) is 0 Å². The summed E-state index contributed by atoms with van der Waals surface area (Å²) >= 11 is 0. The molecule has 0 aliphatic carbocycles. The molecule has 0 aliphatic heterocycles. The first-order valence-electron chi connectivity index (χ1n) is 5.99. The van der Waals surface area contributed by atoms with Crippen molar-refractivity contribution in [3.8, 4) is 0 Å². The second kappa shape index (κ2) is 6.35. The Bertz CT molecular complexity index is 426. The summed E-state index contributed by atoms with van der Waals surface area (Å²) in [6, 6.07) is 1.80. The number of hydrogen-bond donors (Lipinski definition) is 1. The van der Waals surface area contributed by atoms with E-state index in [1.165, 1.54) is 0 Å². The standard InChI is InChI=1S/C13H21N3O2/c1-10(13(18)14-2)7-16(4)9-12(17)11-5-6-15(3)8-11/h5-6,8,10H,7,9H2,1-4H3,(H,14,18). The van der Waals surface area contributed by atoms with Gasteiger partial charge in [0.2, 0.25) is 5.91 Å². The lowest BCUT2D eigenvalue weighted by atomic mass is 10.1. The number of rotatable bonds is 6. The molecule has 1 amide bonds. The smallest absolute Gasteiger partial charge is 0.223 e.